The molecule has 0 aromatic heterocycles. The number of carbonyl (C=O) groups is 1. The highest BCUT2D eigenvalue weighted by molar-refractivity contribution is 5.99. The zero-order valence-electron chi connectivity index (χ0n) is 17.1. The van der Waals surface area contributed by atoms with Gasteiger partial charge < -0.3 is 31.5 Å². The molecule has 1 aliphatic rings. The number of rotatable bonds is 7. The molecule has 0 saturated carbocycles. The van der Waals surface area contributed by atoms with Gasteiger partial charge in [-0.3, -0.25) is 10.2 Å². The summed E-state index contributed by atoms with van der Waals surface area (Å²) in [5, 5.41) is 25.5. The Morgan fingerprint density at radius 2 is 1.94 bits per heavy atom. The minimum absolute atomic E-state index is 0.0335. The average Bonchev–Trinajstić information content (AvgIpc) is 2.74. The number of nitrogen functional groups attached to an aromatic ring is 1. The Hall–Kier alpha value is -3.47. The van der Waals surface area contributed by atoms with Crippen LogP contribution in [0, 0.1) is 5.41 Å². The van der Waals surface area contributed by atoms with Gasteiger partial charge in [0.1, 0.15) is 23.4 Å². The lowest BCUT2D eigenvalue weighted by Crippen LogP contribution is -2.34. The molecule has 8 nitrogen and oxygen atoms in total. The lowest BCUT2D eigenvalue weighted by atomic mass is 10.1. The van der Waals surface area contributed by atoms with Crippen molar-refractivity contribution in [1.82, 2.24) is 5.32 Å². The van der Waals surface area contributed by atoms with Crippen LogP contribution in [0.25, 0.3) is 0 Å². The van der Waals surface area contributed by atoms with Crippen LogP contribution in [-0.2, 0) is 11.0 Å². The first kappa shape index (κ1) is 23.2. The molecule has 2 aromatic rings. The number of nitrogens with two attached hydrogens (primary N) is 1. The first-order valence-electron chi connectivity index (χ1n) is 9.93. The fraction of sp³-hybridized carbons (Fsp3) is 0.333. The van der Waals surface area contributed by atoms with Gasteiger partial charge in [-0.05, 0) is 62.3 Å². The van der Waals surface area contributed by atoms with E-state index in [1.807, 2.05) is 0 Å². The third kappa shape index (κ3) is 6.03. The number of amidine groups is 1. The number of amides is 1. The molecule has 0 bridgehead atoms. The summed E-state index contributed by atoms with van der Waals surface area (Å²) < 4.78 is 46.3. The number of hydrogen-bond donors (Lipinski definition) is 6. The molecule has 32 heavy (non-hydrogen) atoms. The van der Waals surface area contributed by atoms with Gasteiger partial charge in [-0.1, -0.05) is 0 Å². The van der Waals surface area contributed by atoms with Crippen LogP contribution >= 0.6 is 0 Å². The number of carbonyl (C=O) groups excluding carboxylic acids is 1. The Kier molecular flexibility index (Phi) is 7.08. The number of hydrogen-bond acceptors (Lipinski definition) is 6. The van der Waals surface area contributed by atoms with E-state index in [2.05, 4.69) is 16.0 Å². The average molecular weight is 451 g/mol. The number of anilines is 2. The second kappa shape index (κ2) is 9.77. The summed E-state index contributed by atoms with van der Waals surface area (Å²) in [7, 11) is 0. The van der Waals surface area contributed by atoms with Crippen molar-refractivity contribution in [3.05, 3.63) is 47.5 Å². The number of nitrogens with one attached hydrogen (secondary N) is 4. The molecule has 1 amide bonds. The molecule has 0 aliphatic carbocycles. The van der Waals surface area contributed by atoms with Crippen LogP contribution in [0.4, 0.5) is 24.5 Å². The number of phenols is 1. The molecule has 1 aliphatic heterocycles. The van der Waals surface area contributed by atoms with E-state index >= 15 is 0 Å². The Morgan fingerprint density at radius 3 is 2.59 bits per heavy atom. The number of halogens is 3. The topological polar surface area (TPSA) is 132 Å². The van der Waals surface area contributed by atoms with E-state index in [9.17, 15) is 23.1 Å². The van der Waals surface area contributed by atoms with Crippen LogP contribution in [0.5, 0.6) is 11.5 Å². The predicted octanol–water partition coefficient (Wildman–Crippen LogP) is 2.88. The smallest absolute Gasteiger partial charge is 0.420 e. The second-order valence-electron chi connectivity index (χ2n) is 7.32. The van der Waals surface area contributed by atoms with Gasteiger partial charge in [0.2, 0.25) is 5.91 Å². The van der Waals surface area contributed by atoms with Crippen LogP contribution in [-0.4, -0.2) is 42.6 Å². The molecule has 11 heteroatoms. The third-order valence-electron chi connectivity index (χ3n) is 4.90. The maximum atomic E-state index is 13.6. The number of phenolic OH excluding ortho intramolecular Hbond substituents is 1. The first-order chi connectivity index (χ1) is 15.1. The molecule has 0 unspecified atom stereocenters. The molecular formula is C21H24F3N5O3. The van der Waals surface area contributed by atoms with E-state index in [-0.39, 0.29) is 41.4 Å². The molecule has 1 saturated heterocycles. The van der Waals surface area contributed by atoms with E-state index in [1.165, 1.54) is 30.3 Å². The van der Waals surface area contributed by atoms with Gasteiger partial charge in [-0.15, -0.1) is 0 Å². The monoisotopic (exact) mass is 451 g/mol. The van der Waals surface area contributed by atoms with Crippen LogP contribution in [0.2, 0.25) is 0 Å². The van der Waals surface area contributed by atoms with E-state index in [0.717, 1.165) is 6.07 Å². The van der Waals surface area contributed by atoms with Crippen LogP contribution in [0.3, 0.4) is 0 Å². The third-order valence-corrected chi connectivity index (χ3v) is 4.90. The van der Waals surface area contributed by atoms with E-state index in [4.69, 9.17) is 15.9 Å². The lowest BCUT2D eigenvalue weighted by Gasteiger charge is -2.25. The molecule has 172 valence electrons. The normalized spacial score (nSPS) is 14.6. The predicted molar refractivity (Wildman–Crippen MR) is 114 cm³/mol. The lowest BCUT2D eigenvalue weighted by molar-refractivity contribution is -0.139. The number of benzene rings is 2. The van der Waals surface area contributed by atoms with Crippen molar-refractivity contribution in [1.29, 1.82) is 5.41 Å². The molecular weight excluding hydrogens is 427 g/mol. The van der Waals surface area contributed by atoms with Crippen molar-refractivity contribution in [2.75, 3.05) is 30.3 Å². The number of aromatic hydroxyl groups is 1. The van der Waals surface area contributed by atoms with E-state index in [0.29, 0.717) is 31.5 Å². The van der Waals surface area contributed by atoms with E-state index < -0.39 is 17.6 Å². The SMILES string of the molecule is N=C(N)c1ccc(O)c(NC(=O)CNc2ccc(OC3CCNCC3)c(C(F)(F)F)c2)c1. The highest BCUT2D eigenvalue weighted by atomic mass is 19.4. The summed E-state index contributed by atoms with van der Waals surface area (Å²) in [5.41, 5.74) is 4.89. The molecule has 7 N–H and O–H groups in total. The van der Waals surface area contributed by atoms with Gasteiger partial charge in [0.15, 0.2) is 0 Å². The summed E-state index contributed by atoms with van der Waals surface area (Å²) in [5.74, 6) is -1.33. The molecule has 0 spiro atoms. The fourth-order valence-corrected chi connectivity index (χ4v) is 3.24. The van der Waals surface area contributed by atoms with Crippen LogP contribution in [0.1, 0.15) is 24.0 Å². The van der Waals surface area contributed by atoms with Crippen molar-refractivity contribution >= 4 is 23.1 Å². The number of piperidine rings is 1. The largest absolute Gasteiger partial charge is 0.506 e. The number of alkyl halides is 3. The molecule has 3 rings (SSSR count). The van der Waals surface area contributed by atoms with Crippen LogP contribution < -0.4 is 26.4 Å². The molecule has 2 aromatic carbocycles. The van der Waals surface area contributed by atoms with Gasteiger partial charge in [0.25, 0.3) is 0 Å². The standard InChI is InChI=1S/C21H24F3N5O3/c22-21(23,24)15-10-13(2-4-18(15)32-14-5-7-27-8-6-14)28-11-19(31)29-16-9-12(20(25)26)1-3-17(16)30/h1-4,9-10,14,27-28,30H,5-8,11H2,(H3,25,26)(H,29,31). The Balaban J connectivity index is 1.67. The minimum Gasteiger partial charge on any atom is -0.506 e. The van der Waals surface area contributed by atoms with Crippen molar-refractivity contribution in [3.63, 3.8) is 0 Å². The maximum Gasteiger partial charge on any atom is 0.420 e. The second-order valence-corrected chi connectivity index (χ2v) is 7.32. The number of ether oxygens (including phenoxy) is 1. The minimum atomic E-state index is -4.62. The van der Waals surface area contributed by atoms with Gasteiger partial charge in [0.05, 0.1) is 17.8 Å². The van der Waals surface area contributed by atoms with Crippen molar-refractivity contribution in [2.45, 2.75) is 25.1 Å². The van der Waals surface area contributed by atoms with Crippen molar-refractivity contribution in [2.24, 2.45) is 5.73 Å². The summed E-state index contributed by atoms with van der Waals surface area (Å²) in [6.45, 7) is 1.02. The van der Waals surface area contributed by atoms with Gasteiger partial charge in [-0.25, -0.2) is 0 Å². The van der Waals surface area contributed by atoms with Gasteiger partial charge in [-0.2, -0.15) is 13.2 Å². The summed E-state index contributed by atoms with van der Waals surface area (Å²) in [4.78, 5) is 12.2. The maximum absolute atomic E-state index is 13.6. The highest BCUT2D eigenvalue weighted by Gasteiger charge is 2.35. The molecule has 1 heterocycles. The van der Waals surface area contributed by atoms with Crippen LogP contribution in [0.15, 0.2) is 36.4 Å². The van der Waals surface area contributed by atoms with E-state index in [1.54, 1.807) is 0 Å². The van der Waals surface area contributed by atoms with Gasteiger partial charge >= 0.3 is 6.18 Å². The van der Waals surface area contributed by atoms with Crippen molar-refractivity contribution < 1.29 is 27.8 Å². The first-order valence-corrected chi connectivity index (χ1v) is 9.93. The summed E-state index contributed by atoms with van der Waals surface area (Å²) in [6.07, 6.45) is -3.67. The highest BCUT2D eigenvalue weighted by Crippen LogP contribution is 2.38. The van der Waals surface area contributed by atoms with Crippen molar-refractivity contribution in [3.8, 4) is 11.5 Å². The summed E-state index contributed by atoms with van der Waals surface area (Å²) >= 11 is 0. The fourth-order valence-electron chi connectivity index (χ4n) is 3.24. The van der Waals surface area contributed by atoms with Gasteiger partial charge in [0, 0.05) is 11.3 Å². The Labute approximate surface area is 182 Å². The quantitative estimate of drug-likeness (QED) is 0.218. The Morgan fingerprint density at radius 1 is 1.22 bits per heavy atom. The Bertz CT molecular complexity index is 991. The molecule has 1 fully saturated rings. The zero-order chi connectivity index (χ0) is 23.3. The zero-order valence-corrected chi connectivity index (χ0v) is 17.1. The molecule has 0 atom stereocenters. The molecule has 0 radical (unpaired) electrons. The summed E-state index contributed by atoms with van der Waals surface area (Å²) in [6, 6.07) is 7.57.